The molecule has 1 fully saturated rings. The second-order valence-corrected chi connectivity index (χ2v) is 7.37. The smallest absolute Gasteiger partial charge is 0.321 e. The number of urea groups is 1. The summed E-state index contributed by atoms with van der Waals surface area (Å²) in [5.74, 6) is 0.392. The van der Waals surface area contributed by atoms with Crippen LogP contribution in [0.1, 0.15) is 25.7 Å². The third-order valence-corrected chi connectivity index (χ3v) is 4.23. The van der Waals surface area contributed by atoms with Crippen LogP contribution in [-0.2, 0) is 10.0 Å². The summed E-state index contributed by atoms with van der Waals surface area (Å²) in [6, 6.07) is 4.69. The van der Waals surface area contributed by atoms with Crippen LogP contribution in [0.4, 0.5) is 16.2 Å². The van der Waals surface area contributed by atoms with Gasteiger partial charge in [-0.2, -0.15) is 0 Å². The van der Waals surface area contributed by atoms with E-state index in [9.17, 15) is 13.2 Å². The van der Waals surface area contributed by atoms with E-state index < -0.39 is 10.0 Å². The Morgan fingerprint density at radius 3 is 2.39 bits per heavy atom. The lowest BCUT2D eigenvalue weighted by Crippen LogP contribution is -2.35. The second kappa shape index (κ2) is 7.54. The minimum atomic E-state index is -3.43. The molecule has 2 rings (SSSR count). The van der Waals surface area contributed by atoms with Crippen molar-refractivity contribution in [2.75, 3.05) is 36.5 Å². The highest BCUT2D eigenvalue weighted by Crippen LogP contribution is 2.28. The number of benzene rings is 1. The van der Waals surface area contributed by atoms with E-state index in [1.807, 2.05) is 0 Å². The molecule has 8 heteroatoms. The highest BCUT2D eigenvalue weighted by Gasteiger charge is 2.16. The number of sulfonamides is 1. The molecule has 0 bridgehead atoms. The molecule has 1 saturated heterocycles. The molecule has 1 aromatic rings. The molecule has 0 atom stereocenters. The molecule has 0 spiro atoms. The molecular formula is C15H23N3O4S. The topological polar surface area (TPSA) is 87.7 Å². The number of carbonyl (C=O) groups is 1. The number of ether oxygens (including phenoxy) is 1. The Morgan fingerprint density at radius 1 is 1.17 bits per heavy atom. The molecule has 23 heavy (non-hydrogen) atoms. The van der Waals surface area contributed by atoms with Gasteiger partial charge in [-0.1, -0.05) is 12.8 Å². The Hall–Kier alpha value is -1.96. The number of anilines is 2. The van der Waals surface area contributed by atoms with Crippen molar-refractivity contribution in [1.82, 2.24) is 4.90 Å². The molecule has 2 N–H and O–H groups in total. The highest BCUT2D eigenvalue weighted by atomic mass is 32.2. The minimum Gasteiger partial charge on any atom is -0.495 e. The lowest BCUT2D eigenvalue weighted by Gasteiger charge is -2.21. The second-order valence-electron chi connectivity index (χ2n) is 5.62. The van der Waals surface area contributed by atoms with Crippen LogP contribution < -0.4 is 14.8 Å². The number of nitrogens with one attached hydrogen (secondary N) is 2. The molecule has 2 amide bonds. The standard InChI is InChI=1S/C15H23N3O4S/c1-22-14-8-7-12(11-13(14)17-23(2,20)21)16-15(19)18-9-5-3-4-6-10-18/h7-8,11,17H,3-6,9-10H2,1-2H3,(H,16,19). The van der Waals surface area contributed by atoms with E-state index in [0.29, 0.717) is 17.1 Å². The number of hydrogen-bond acceptors (Lipinski definition) is 4. The van der Waals surface area contributed by atoms with Gasteiger partial charge in [0.2, 0.25) is 10.0 Å². The molecular weight excluding hydrogens is 318 g/mol. The zero-order valence-corrected chi connectivity index (χ0v) is 14.3. The number of methoxy groups -OCH3 is 1. The summed E-state index contributed by atoms with van der Waals surface area (Å²) in [4.78, 5) is 14.1. The maximum atomic E-state index is 12.3. The van der Waals surface area contributed by atoms with Crippen molar-refractivity contribution in [2.45, 2.75) is 25.7 Å². The predicted molar refractivity (Wildman–Crippen MR) is 90.5 cm³/mol. The van der Waals surface area contributed by atoms with Gasteiger partial charge in [-0.05, 0) is 31.0 Å². The van der Waals surface area contributed by atoms with Crippen molar-refractivity contribution < 1.29 is 17.9 Å². The summed E-state index contributed by atoms with van der Waals surface area (Å²) in [5.41, 5.74) is 0.815. The van der Waals surface area contributed by atoms with E-state index in [2.05, 4.69) is 10.0 Å². The molecule has 0 aromatic heterocycles. The monoisotopic (exact) mass is 341 g/mol. The maximum Gasteiger partial charge on any atom is 0.321 e. The molecule has 0 unspecified atom stereocenters. The van der Waals surface area contributed by atoms with Gasteiger partial charge in [0, 0.05) is 18.8 Å². The van der Waals surface area contributed by atoms with Crippen LogP contribution in [0.15, 0.2) is 18.2 Å². The van der Waals surface area contributed by atoms with E-state index >= 15 is 0 Å². The number of rotatable bonds is 4. The Bertz CT molecular complexity index is 653. The highest BCUT2D eigenvalue weighted by molar-refractivity contribution is 7.92. The Balaban J connectivity index is 2.13. The fraction of sp³-hybridized carbons (Fsp3) is 0.533. The minimum absolute atomic E-state index is 0.164. The van der Waals surface area contributed by atoms with Crippen molar-refractivity contribution in [3.63, 3.8) is 0 Å². The Morgan fingerprint density at radius 2 is 1.83 bits per heavy atom. The van der Waals surface area contributed by atoms with E-state index in [1.54, 1.807) is 23.1 Å². The zero-order valence-electron chi connectivity index (χ0n) is 13.5. The SMILES string of the molecule is COc1ccc(NC(=O)N2CCCCCC2)cc1NS(C)(=O)=O. The molecule has 1 aromatic carbocycles. The summed E-state index contributed by atoms with van der Waals surface area (Å²) >= 11 is 0. The van der Waals surface area contributed by atoms with Crippen molar-refractivity contribution in [3.8, 4) is 5.75 Å². The van der Waals surface area contributed by atoms with E-state index in [4.69, 9.17) is 4.74 Å². The van der Waals surface area contributed by atoms with Crippen molar-refractivity contribution in [2.24, 2.45) is 0 Å². The van der Waals surface area contributed by atoms with Crippen LogP contribution in [0.3, 0.4) is 0 Å². The van der Waals surface area contributed by atoms with Crippen LogP contribution in [-0.4, -0.2) is 45.8 Å². The number of hydrogen-bond donors (Lipinski definition) is 2. The molecule has 1 aliphatic heterocycles. The third-order valence-electron chi connectivity index (χ3n) is 3.64. The first kappa shape index (κ1) is 17.4. The van der Waals surface area contributed by atoms with Crippen LogP contribution in [0, 0.1) is 0 Å². The van der Waals surface area contributed by atoms with Crippen LogP contribution in [0.2, 0.25) is 0 Å². The first-order valence-corrected chi connectivity index (χ1v) is 9.50. The van der Waals surface area contributed by atoms with Gasteiger partial charge < -0.3 is 15.0 Å². The number of carbonyl (C=O) groups excluding carboxylic acids is 1. The van der Waals surface area contributed by atoms with Gasteiger partial charge in [0.25, 0.3) is 0 Å². The summed E-state index contributed by atoms with van der Waals surface area (Å²) in [6.45, 7) is 1.49. The normalized spacial score (nSPS) is 15.7. The first-order chi connectivity index (χ1) is 10.9. The van der Waals surface area contributed by atoms with E-state index in [1.165, 1.54) is 7.11 Å². The van der Waals surface area contributed by atoms with Crippen LogP contribution in [0.25, 0.3) is 0 Å². The average molecular weight is 341 g/mol. The van der Waals surface area contributed by atoms with Crippen LogP contribution in [0.5, 0.6) is 5.75 Å². The zero-order chi connectivity index (χ0) is 16.9. The molecule has 1 heterocycles. The number of amides is 2. The molecule has 1 aliphatic rings. The predicted octanol–water partition coefficient (Wildman–Crippen LogP) is 2.47. The molecule has 0 aliphatic carbocycles. The Labute approximate surface area is 137 Å². The fourth-order valence-electron chi connectivity index (χ4n) is 2.54. The van der Waals surface area contributed by atoms with E-state index in [0.717, 1.165) is 45.0 Å². The Kier molecular flexibility index (Phi) is 5.70. The summed E-state index contributed by atoms with van der Waals surface area (Å²) < 4.78 is 30.4. The molecule has 0 radical (unpaired) electrons. The van der Waals surface area contributed by atoms with E-state index in [-0.39, 0.29) is 6.03 Å². The number of nitrogens with zero attached hydrogens (tertiary/aromatic N) is 1. The molecule has 7 nitrogen and oxygen atoms in total. The number of likely N-dealkylation sites (tertiary alicyclic amines) is 1. The third kappa shape index (κ3) is 5.31. The van der Waals surface area contributed by atoms with Gasteiger partial charge in [0.15, 0.2) is 0 Å². The average Bonchev–Trinajstić information content (AvgIpc) is 2.75. The maximum absolute atomic E-state index is 12.3. The van der Waals surface area contributed by atoms with Gasteiger partial charge in [0.1, 0.15) is 5.75 Å². The van der Waals surface area contributed by atoms with Crippen LogP contribution >= 0.6 is 0 Å². The largest absolute Gasteiger partial charge is 0.495 e. The van der Waals surface area contributed by atoms with Gasteiger partial charge in [-0.15, -0.1) is 0 Å². The van der Waals surface area contributed by atoms with Crippen molar-refractivity contribution in [3.05, 3.63) is 18.2 Å². The quantitative estimate of drug-likeness (QED) is 0.881. The van der Waals surface area contributed by atoms with Crippen molar-refractivity contribution in [1.29, 1.82) is 0 Å². The summed E-state index contributed by atoms with van der Waals surface area (Å²) in [5, 5.41) is 2.81. The molecule has 128 valence electrons. The lowest BCUT2D eigenvalue weighted by atomic mass is 10.2. The van der Waals surface area contributed by atoms with Crippen molar-refractivity contribution >= 4 is 27.4 Å². The summed E-state index contributed by atoms with van der Waals surface area (Å²) in [6.07, 6.45) is 5.38. The molecule has 0 saturated carbocycles. The fourth-order valence-corrected chi connectivity index (χ4v) is 3.10. The van der Waals surface area contributed by atoms with Gasteiger partial charge >= 0.3 is 6.03 Å². The first-order valence-electron chi connectivity index (χ1n) is 7.61. The lowest BCUT2D eigenvalue weighted by molar-refractivity contribution is 0.214. The van der Waals surface area contributed by atoms with Gasteiger partial charge in [0.05, 0.1) is 19.1 Å². The summed E-state index contributed by atoms with van der Waals surface area (Å²) in [7, 11) is -1.98. The van der Waals surface area contributed by atoms with Gasteiger partial charge in [-0.25, -0.2) is 13.2 Å². The van der Waals surface area contributed by atoms with Gasteiger partial charge in [-0.3, -0.25) is 4.72 Å².